The van der Waals surface area contributed by atoms with Gasteiger partial charge in [-0.2, -0.15) is 0 Å². The van der Waals surface area contributed by atoms with E-state index in [4.69, 9.17) is 19.4 Å². The third kappa shape index (κ3) is 4.93. The van der Waals surface area contributed by atoms with Crippen LogP contribution in [0.25, 0.3) is 89.1 Å². The van der Waals surface area contributed by atoms with Gasteiger partial charge in [0.25, 0.3) is 0 Å². The molecule has 0 unspecified atom stereocenters. The largest absolute Gasteiger partial charge is 0.456 e. The van der Waals surface area contributed by atoms with E-state index in [1.54, 1.807) is 0 Å². The number of aromatic nitrogens is 3. The molecule has 7 aromatic carbocycles. The fourth-order valence-electron chi connectivity index (χ4n) is 6.35. The summed E-state index contributed by atoms with van der Waals surface area (Å²) < 4.78 is 6.42. The summed E-state index contributed by atoms with van der Waals surface area (Å²) in [5, 5.41) is 4.47. The van der Waals surface area contributed by atoms with Crippen molar-refractivity contribution in [3.63, 3.8) is 0 Å². The van der Waals surface area contributed by atoms with Crippen LogP contribution in [0, 0.1) is 0 Å². The number of para-hydroxylation sites is 1. The Labute approximate surface area is 271 Å². The lowest BCUT2D eigenvalue weighted by molar-refractivity contribution is 0.669. The van der Waals surface area contributed by atoms with Gasteiger partial charge in [-0.3, -0.25) is 0 Å². The average Bonchev–Trinajstić information content (AvgIpc) is 3.53. The topological polar surface area (TPSA) is 51.8 Å². The zero-order valence-corrected chi connectivity index (χ0v) is 25.3. The zero-order chi connectivity index (χ0) is 31.2. The molecule has 0 saturated heterocycles. The molecular formula is C43H27N3O. The summed E-state index contributed by atoms with van der Waals surface area (Å²) >= 11 is 0. The normalized spacial score (nSPS) is 11.4. The second kappa shape index (κ2) is 11.2. The van der Waals surface area contributed by atoms with E-state index in [2.05, 4.69) is 97.1 Å². The lowest BCUT2D eigenvalue weighted by atomic mass is 9.98. The van der Waals surface area contributed by atoms with Gasteiger partial charge in [0.15, 0.2) is 17.5 Å². The van der Waals surface area contributed by atoms with Crippen LogP contribution in [0.2, 0.25) is 0 Å². The first-order valence-electron chi connectivity index (χ1n) is 15.7. The zero-order valence-electron chi connectivity index (χ0n) is 25.3. The molecule has 2 aromatic heterocycles. The molecule has 0 fully saturated rings. The SMILES string of the molecule is c1ccc(-c2cc(-c3nc(-c4ccccc4)nc(-c4ccc(-c5ccc6ccccc6c5)cc4)n3)c3c(c2)oc2ccccc23)cc1. The molecule has 2 heterocycles. The minimum atomic E-state index is 0.599. The number of hydrogen-bond acceptors (Lipinski definition) is 4. The van der Waals surface area contributed by atoms with Gasteiger partial charge in [0.2, 0.25) is 0 Å². The molecule has 0 spiro atoms. The first-order valence-corrected chi connectivity index (χ1v) is 15.7. The van der Waals surface area contributed by atoms with Crippen molar-refractivity contribution < 1.29 is 4.42 Å². The molecule has 4 nitrogen and oxygen atoms in total. The van der Waals surface area contributed by atoms with Crippen LogP contribution in [-0.4, -0.2) is 15.0 Å². The Kier molecular flexibility index (Phi) is 6.43. The van der Waals surface area contributed by atoms with Crippen LogP contribution < -0.4 is 0 Å². The Hall–Kier alpha value is -6.39. The van der Waals surface area contributed by atoms with Gasteiger partial charge in [0.05, 0.1) is 0 Å². The van der Waals surface area contributed by atoms with Gasteiger partial charge in [-0.25, -0.2) is 15.0 Å². The van der Waals surface area contributed by atoms with Crippen molar-refractivity contribution in [2.75, 3.05) is 0 Å². The van der Waals surface area contributed by atoms with Crippen LogP contribution in [0.5, 0.6) is 0 Å². The first-order chi connectivity index (χ1) is 23.3. The van der Waals surface area contributed by atoms with Crippen LogP contribution in [0.4, 0.5) is 0 Å². The van der Waals surface area contributed by atoms with Gasteiger partial charge in [0, 0.05) is 27.5 Å². The Morgan fingerprint density at radius 3 is 1.66 bits per heavy atom. The Bertz CT molecular complexity index is 2550. The van der Waals surface area contributed by atoms with E-state index in [-0.39, 0.29) is 0 Å². The second-order valence-electron chi connectivity index (χ2n) is 11.7. The molecule has 9 rings (SSSR count). The fraction of sp³-hybridized carbons (Fsp3) is 0. The summed E-state index contributed by atoms with van der Waals surface area (Å²) in [6.07, 6.45) is 0. The number of benzene rings is 7. The monoisotopic (exact) mass is 601 g/mol. The fourth-order valence-corrected chi connectivity index (χ4v) is 6.35. The van der Waals surface area contributed by atoms with E-state index in [1.807, 2.05) is 66.7 Å². The van der Waals surface area contributed by atoms with E-state index in [0.29, 0.717) is 17.5 Å². The van der Waals surface area contributed by atoms with Crippen LogP contribution in [0.15, 0.2) is 168 Å². The van der Waals surface area contributed by atoms with Crippen molar-refractivity contribution in [2.45, 2.75) is 0 Å². The number of fused-ring (bicyclic) bond motifs is 4. The van der Waals surface area contributed by atoms with Gasteiger partial charge in [-0.05, 0) is 57.3 Å². The Morgan fingerprint density at radius 1 is 0.340 bits per heavy atom. The molecular weight excluding hydrogens is 574 g/mol. The first kappa shape index (κ1) is 27.0. The quantitative estimate of drug-likeness (QED) is 0.197. The minimum Gasteiger partial charge on any atom is -0.456 e. The van der Waals surface area contributed by atoms with Gasteiger partial charge >= 0.3 is 0 Å². The smallest absolute Gasteiger partial charge is 0.164 e. The summed E-state index contributed by atoms with van der Waals surface area (Å²) in [7, 11) is 0. The standard InChI is InChI=1S/C43H27N3O/c1-3-11-28(12-4-1)35-26-37(40-36-17-9-10-18-38(36)47-39(40)27-35)43-45-41(31-14-5-2-6-15-31)44-42(46-43)32-22-19-30(20-23-32)34-24-21-29-13-7-8-16-33(29)25-34/h1-27H. The second-order valence-corrected chi connectivity index (χ2v) is 11.7. The van der Waals surface area contributed by atoms with Crippen molar-refractivity contribution in [1.82, 2.24) is 15.0 Å². The van der Waals surface area contributed by atoms with E-state index in [1.165, 1.54) is 16.3 Å². The van der Waals surface area contributed by atoms with Crippen LogP contribution in [-0.2, 0) is 0 Å². The van der Waals surface area contributed by atoms with E-state index in [9.17, 15) is 0 Å². The van der Waals surface area contributed by atoms with Gasteiger partial charge in [-0.1, -0.05) is 140 Å². The maximum atomic E-state index is 6.42. The number of rotatable bonds is 5. The molecule has 0 amide bonds. The third-order valence-electron chi connectivity index (χ3n) is 8.72. The third-order valence-corrected chi connectivity index (χ3v) is 8.72. The maximum Gasteiger partial charge on any atom is 0.164 e. The van der Waals surface area contributed by atoms with Gasteiger partial charge < -0.3 is 4.42 Å². The maximum absolute atomic E-state index is 6.42. The van der Waals surface area contributed by atoms with Crippen LogP contribution in [0.3, 0.4) is 0 Å². The van der Waals surface area contributed by atoms with Crippen molar-refractivity contribution in [1.29, 1.82) is 0 Å². The highest BCUT2D eigenvalue weighted by Gasteiger charge is 2.19. The predicted molar refractivity (Wildman–Crippen MR) is 192 cm³/mol. The van der Waals surface area contributed by atoms with Gasteiger partial charge in [-0.15, -0.1) is 0 Å². The minimum absolute atomic E-state index is 0.599. The summed E-state index contributed by atoms with van der Waals surface area (Å²) in [5.74, 6) is 1.84. The highest BCUT2D eigenvalue weighted by Crippen LogP contribution is 2.40. The van der Waals surface area contributed by atoms with Crippen molar-refractivity contribution in [3.05, 3.63) is 164 Å². The molecule has 0 aliphatic rings. The lowest BCUT2D eigenvalue weighted by Crippen LogP contribution is -2.00. The molecule has 0 radical (unpaired) electrons. The molecule has 0 saturated carbocycles. The Balaban J connectivity index is 1.24. The summed E-state index contributed by atoms with van der Waals surface area (Å²) in [4.78, 5) is 15.3. The number of furan rings is 1. The highest BCUT2D eigenvalue weighted by molar-refractivity contribution is 6.13. The van der Waals surface area contributed by atoms with Crippen molar-refractivity contribution >= 4 is 32.7 Å². The number of hydrogen-bond donors (Lipinski definition) is 0. The number of nitrogens with zero attached hydrogens (tertiary/aromatic N) is 3. The molecule has 0 aliphatic carbocycles. The van der Waals surface area contributed by atoms with Crippen molar-refractivity contribution in [2.24, 2.45) is 0 Å². The Morgan fingerprint density at radius 2 is 0.894 bits per heavy atom. The average molecular weight is 602 g/mol. The van der Waals surface area contributed by atoms with E-state index >= 15 is 0 Å². The molecule has 220 valence electrons. The molecule has 0 bridgehead atoms. The molecule has 0 N–H and O–H groups in total. The predicted octanol–water partition coefficient (Wildman–Crippen LogP) is 11.3. The van der Waals surface area contributed by atoms with Crippen molar-refractivity contribution in [3.8, 4) is 56.4 Å². The summed E-state index contributed by atoms with van der Waals surface area (Å²) in [6, 6.07) is 56.4. The summed E-state index contributed by atoms with van der Waals surface area (Å²) in [5.41, 5.74) is 8.82. The van der Waals surface area contributed by atoms with E-state index < -0.39 is 0 Å². The molecule has 9 aromatic rings. The lowest BCUT2D eigenvalue weighted by Gasteiger charge is -2.11. The molecule has 0 atom stereocenters. The highest BCUT2D eigenvalue weighted by atomic mass is 16.3. The molecule has 47 heavy (non-hydrogen) atoms. The van der Waals surface area contributed by atoms with Crippen LogP contribution in [0.1, 0.15) is 0 Å². The van der Waals surface area contributed by atoms with Gasteiger partial charge in [0.1, 0.15) is 11.2 Å². The van der Waals surface area contributed by atoms with Crippen LogP contribution >= 0.6 is 0 Å². The molecule has 0 aliphatic heterocycles. The van der Waals surface area contributed by atoms with E-state index in [0.717, 1.165) is 55.3 Å². The molecule has 4 heteroatoms. The summed E-state index contributed by atoms with van der Waals surface area (Å²) in [6.45, 7) is 0.